The van der Waals surface area contributed by atoms with Gasteiger partial charge in [-0.3, -0.25) is 4.79 Å². The molecule has 8 heteroatoms. The maximum absolute atomic E-state index is 13.1. The molecule has 27 heavy (non-hydrogen) atoms. The van der Waals surface area contributed by atoms with E-state index >= 15 is 0 Å². The van der Waals surface area contributed by atoms with Crippen molar-refractivity contribution in [1.29, 1.82) is 0 Å². The molecule has 4 aromatic rings. The molecule has 0 fully saturated rings. The van der Waals surface area contributed by atoms with Crippen molar-refractivity contribution in [2.75, 3.05) is 0 Å². The van der Waals surface area contributed by atoms with Crippen molar-refractivity contribution in [2.24, 2.45) is 0 Å². The maximum Gasteiger partial charge on any atom is 0.273 e. The quantitative estimate of drug-likeness (QED) is 0.567. The highest BCUT2D eigenvalue weighted by molar-refractivity contribution is 7.13. The molecule has 0 bridgehead atoms. The van der Waals surface area contributed by atoms with Crippen LogP contribution in [0.1, 0.15) is 16.2 Å². The van der Waals surface area contributed by atoms with Crippen molar-refractivity contribution < 1.29 is 13.7 Å². The number of amides is 1. The number of benzene rings is 1. The minimum absolute atomic E-state index is 0.200. The van der Waals surface area contributed by atoms with Gasteiger partial charge in [0.1, 0.15) is 12.1 Å². The zero-order valence-corrected chi connectivity index (χ0v) is 14.7. The van der Waals surface area contributed by atoms with E-state index in [-0.39, 0.29) is 24.0 Å². The third-order valence-electron chi connectivity index (χ3n) is 3.80. The standard InChI is InChI=1S/C19H13FN4O2S/c20-13-5-3-12(4-6-13)15-8-14(22-11-23-15)10-21-19(25)16-9-17(26-24-16)18-2-1-7-27-18/h1-9,11H,10H2,(H,21,25). The van der Waals surface area contributed by atoms with Crippen LogP contribution < -0.4 is 5.32 Å². The third-order valence-corrected chi connectivity index (χ3v) is 4.68. The molecular formula is C19H13FN4O2S. The molecule has 6 nitrogen and oxygen atoms in total. The summed E-state index contributed by atoms with van der Waals surface area (Å²) in [7, 11) is 0. The molecule has 4 rings (SSSR count). The van der Waals surface area contributed by atoms with Crippen LogP contribution in [0.15, 0.2) is 64.8 Å². The number of carbonyl (C=O) groups is 1. The number of rotatable bonds is 5. The molecule has 0 saturated carbocycles. The fourth-order valence-corrected chi connectivity index (χ4v) is 3.12. The Bertz CT molecular complexity index is 1060. The van der Waals surface area contributed by atoms with Gasteiger partial charge in [-0.25, -0.2) is 14.4 Å². The number of hydrogen-bond donors (Lipinski definition) is 1. The zero-order chi connectivity index (χ0) is 18.6. The van der Waals surface area contributed by atoms with E-state index in [0.29, 0.717) is 17.1 Å². The number of carbonyl (C=O) groups excluding carboxylic acids is 1. The molecular weight excluding hydrogens is 367 g/mol. The van der Waals surface area contributed by atoms with E-state index in [9.17, 15) is 9.18 Å². The first-order valence-electron chi connectivity index (χ1n) is 8.05. The van der Waals surface area contributed by atoms with E-state index < -0.39 is 0 Å². The Balaban J connectivity index is 1.43. The van der Waals surface area contributed by atoms with Gasteiger partial charge in [0, 0.05) is 11.6 Å². The first-order chi connectivity index (χ1) is 13.2. The topological polar surface area (TPSA) is 80.9 Å². The van der Waals surface area contributed by atoms with Gasteiger partial charge in [-0.1, -0.05) is 11.2 Å². The van der Waals surface area contributed by atoms with Crippen LogP contribution in [0.2, 0.25) is 0 Å². The second-order valence-corrected chi connectivity index (χ2v) is 6.59. The van der Waals surface area contributed by atoms with Crippen LogP contribution in [0.4, 0.5) is 4.39 Å². The van der Waals surface area contributed by atoms with Crippen LogP contribution >= 0.6 is 11.3 Å². The van der Waals surface area contributed by atoms with Gasteiger partial charge in [0.05, 0.1) is 22.8 Å². The Hall–Kier alpha value is -3.39. The van der Waals surface area contributed by atoms with Crippen molar-refractivity contribution in [1.82, 2.24) is 20.4 Å². The van der Waals surface area contributed by atoms with Crippen molar-refractivity contribution in [2.45, 2.75) is 6.54 Å². The Morgan fingerprint density at radius 2 is 2.00 bits per heavy atom. The normalized spacial score (nSPS) is 10.7. The fourth-order valence-electron chi connectivity index (χ4n) is 2.45. The molecule has 0 aliphatic rings. The fraction of sp³-hybridized carbons (Fsp3) is 0.0526. The summed E-state index contributed by atoms with van der Waals surface area (Å²) < 4.78 is 18.3. The summed E-state index contributed by atoms with van der Waals surface area (Å²) in [6, 6.07) is 13.2. The summed E-state index contributed by atoms with van der Waals surface area (Å²) in [6.45, 7) is 0.205. The lowest BCUT2D eigenvalue weighted by atomic mass is 10.1. The summed E-state index contributed by atoms with van der Waals surface area (Å²) in [5.74, 6) is -0.117. The van der Waals surface area contributed by atoms with Crippen LogP contribution in [0, 0.1) is 5.82 Å². The van der Waals surface area contributed by atoms with E-state index in [1.807, 2.05) is 17.5 Å². The molecule has 0 radical (unpaired) electrons. The van der Waals surface area contributed by atoms with Crippen LogP contribution in [0.3, 0.4) is 0 Å². The lowest BCUT2D eigenvalue weighted by molar-refractivity contribution is 0.0941. The lowest BCUT2D eigenvalue weighted by Crippen LogP contribution is -2.23. The summed E-state index contributed by atoms with van der Waals surface area (Å²) in [5.41, 5.74) is 2.24. The second kappa shape index (κ2) is 7.46. The van der Waals surface area contributed by atoms with Gasteiger partial charge in [0.2, 0.25) is 0 Å². The highest BCUT2D eigenvalue weighted by Gasteiger charge is 2.14. The van der Waals surface area contributed by atoms with Gasteiger partial charge in [0.15, 0.2) is 11.5 Å². The van der Waals surface area contributed by atoms with Crippen LogP contribution in [-0.4, -0.2) is 21.0 Å². The molecule has 3 heterocycles. The van der Waals surface area contributed by atoms with Gasteiger partial charge in [-0.05, 0) is 41.8 Å². The van der Waals surface area contributed by atoms with Gasteiger partial charge in [-0.15, -0.1) is 11.3 Å². The second-order valence-electron chi connectivity index (χ2n) is 5.64. The van der Waals surface area contributed by atoms with E-state index in [4.69, 9.17) is 4.52 Å². The minimum Gasteiger partial charge on any atom is -0.355 e. The van der Waals surface area contributed by atoms with Crippen LogP contribution in [-0.2, 0) is 6.54 Å². The summed E-state index contributed by atoms with van der Waals surface area (Å²) in [5, 5.41) is 8.48. The van der Waals surface area contributed by atoms with E-state index in [0.717, 1.165) is 10.4 Å². The van der Waals surface area contributed by atoms with Gasteiger partial charge in [0.25, 0.3) is 5.91 Å². The molecule has 134 valence electrons. The molecule has 1 aromatic carbocycles. The Morgan fingerprint density at radius 3 is 2.78 bits per heavy atom. The highest BCUT2D eigenvalue weighted by atomic mass is 32.1. The van der Waals surface area contributed by atoms with E-state index in [1.165, 1.54) is 29.8 Å². The average molecular weight is 380 g/mol. The Morgan fingerprint density at radius 1 is 1.15 bits per heavy atom. The summed E-state index contributed by atoms with van der Waals surface area (Å²) in [4.78, 5) is 21.5. The zero-order valence-electron chi connectivity index (χ0n) is 13.9. The Labute approximate surface area is 157 Å². The van der Waals surface area contributed by atoms with Crippen LogP contribution in [0.5, 0.6) is 0 Å². The minimum atomic E-state index is -0.358. The highest BCUT2D eigenvalue weighted by Crippen LogP contribution is 2.25. The number of halogens is 1. The van der Waals surface area contributed by atoms with E-state index in [1.54, 1.807) is 24.3 Å². The SMILES string of the molecule is O=C(NCc1cc(-c2ccc(F)cc2)ncn1)c1cc(-c2cccs2)on1. The summed E-state index contributed by atoms with van der Waals surface area (Å²) in [6.07, 6.45) is 1.41. The number of aromatic nitrogens is 3. The third kappa shape index (κ3) is 3.90. The van der Waals surface area contributed by atoms with Gasteiger partial charge in [-0.2, -0.15) is 0 Å². The molecule has 0 spiro atoms. The largest absolute Gasteiger partial charge is 0.355 e. The molecule has 1 amide bonds. The average Bonchev–Trinajstić information content (AvgIpc) is 3.38. The predicted molar refractivity (Wildman–Crippen MR) is 98.4 cm³/mol. The molecule has 0 aliphatic heterocycles. The van der Waals surface area contributed by atoms with Crippen LogP contribution in [0.25, 0.3) is 21.9 Å². The first-order valence-corrected chi connectivity index (χ1v) is 8.93. The number of nitrogens with one attached hydrogen (secondary N) is 1. The number of thiophene rings is 1. The summed E-state index contributed by atoms with van der Waals surface area (Å²) >= 11 is 1.51. The van der Waals surface area contributed by atoms with Crippen molar-refractivity contribution in [3.63, 3.8) is 0 Å². The molecule has 0 saturated heterocycles. The molecule has 3 aromatic heterocycles. The van der Waals surface area contributed by atoms with Crippen molar-refractivity contribution >= 4 is 17.2 Å². The Kier molecular flexibility index (Phi) is 4.71. The van der Waals surface area contributed by atoms with Gasteiger partial charge < -0.3 is 9.84 Å². The molecule has 0 atom stereocenters. The first kappa shape index (κ1) is 17.0. The van der Waals surface area contributed by atoms with Gasteiger partial charge >= 0.3 is 0 Å². The monoisotopic (exact) mass is 380 g/mol. The maximum atomic E-state index is 13.1. The lowest BCUT2D eigenvalue weighted by Gasteiger charge is -2.05. The predicted octanol–water partition coefficient (Wildman–Crippen LogP) is 3.93. The molecule has 1 N–H and O–H groups in total. The van der Waals surface area contributed by atoms with Crippen molar-refractivity contribution in [3.8, 4) is 21.9 Å². The number of nitrogens with zero attached hydrogens (tertiary/aromatic N) is 3. The molecule has 0 aliphatic carbocycles. The smallest absolute Gasteiger partial charge is 0.273 e. The number of hydrogen-bond acceptors (Lipinski definition) is 6. The van der Waals surface area contributed by atoms with Crippen molar-refractivity contribution in [3.05, 3.63) is 77.4 Å². The van der Waals surface area contributed by atoms with E-state index in [2.05, 4.69) is 20.4 Å². The molecule has 0 unspecified atom stereocenters.